The lowest BCUT2D eigenvalue weighted by atomic mass is 10.3. The second-order valence-electron chi connectivity index (χ2n) is 2.51. The van der Waals surface area contributed by atoms with E-state index in [2.05, 4.69) is 36.6 Å². The summed E-state index contributed by atoms with van der Waals surface area (Å²) in [6.07, 6.45) is 0. The van der Waals surface area contributed by atoms with Crippen LogP contribution in [0.2, 0.25) is 0 Å². The highest BCUT2D eigenvalue weighted by Gasteiger charge is 2.10. The van der Waals surface area contributed by atoms with Gasteiger partial charge in [-0.2, -0.15) is 8.42 Å². The van der Waals surface area contributed by atoms with Crippen molar-refractivity contribution in [2.24, 2.45) is 5.14 Å². The molecule has 0 unspecified atom stereocenters. The first-order valence-electron chi connectivity index (χ1n) is 3.34. The Balaban J connectivity index is 3.22. The smallest absolute Gasteiger partial charge is 0.296 e. The number of nitrogen functional groups attached to an aromatic ring is 1. The zero-order valence-electron chi connectivity index (χ0n) is 6.79. The molecule has 0 aliphatic carbocycles. The molecule has 0 aliphatic heterocycles. The van der Waals surface area contributed by atoms with Crippen LogP contribution in [-0.4, -0.2) is 8.42 Å². The van der Waals surface area contributed by atoms with Gasteiger partial charge in [0.1, 0.15) is 0 Å². The largest absolute Gasteiger partial charge is 0.399 e. The van der Waals surface area contributed by atoms with Crippen molar-refractivity contribution < 1.29 is 8.42 Å². The predicted octanol–water partition coefficient (Wildman–Crippen LogP) is 1.41. The quantitative estimate of drug-likeness (QED) is 0.707. The molecule has 78 valence electrons. The third kappa shape index (κ3) is 3.12. The van der Waals surface area contributed by atoms with Crippen molar-refractivity contribution in [3.8, 4) is 0 Å². The highest BCUT2D eigenvalue weighted by Crippen LogP contribution is 2.33. The number of benzene rings is 1. The molecule has 1 aromatic carbocycles. The number of nitrogens with two attached hydrogens (primary N) is 2. The zero-order valence-corrected chi connectivity index (χ0v) is 10.8. The van der Waals surface area contributed by atoms with E-state index in [-0.39, 0.29) is 0 Å². The summed E-state index contributed by atoms with van der Waals surface area (Å²) >= 11 is 6.32. The maximum absolute atomic E-state index is 10.8. The van der Waals surface area contributed by atoms with Crippen LogP contribution in [0.1, 0.15) is 0 Å². The highest BCUT2D eigenvalue weighted by molar-refractivity contribution is 9.11. The fourth-order valence-electron chi connectivity index (χ4n) is 0.832. The Morgan fingerprint density at radius 1 is 1.21 bits per heavy atom. The Morgan fingerprint density at radius 3 is 2.00 bits per heavy atom. The molecule has 0 aromatic heterocycles. The minimum absolute atomic E-state index is 0.321. The Labute approximate surface area is 98.3 Å². The summed E-state index contributed by atoms with van der Waals surface area (Å²) in [6.45, 7) is 0. The Hall–Kier alpha value is -0.310. The van der Waals surface area contributed by atoms with Crippen LogP contribution in [0.15, 0.2) is 21.1 Å². The molecule has 0 radical (unpaired) electrons. The van der Waals surface area contributed by atoms with Crippen LogP contribution in [-0.2, 0) is 10.2 Å². The molecule has 1 aromatic rings. The van der Waals surface area contributed by atoms with Gasteiger partial charge in [-0.15, -0.1) is 0 Å². The topological polar surface area (TPSA) is 98.2 Å². The van der Waals surface area contributed by atoms with Crippen molar-refractivity contribution in [2.45, 2.75) is 0 Å². The van der Waals surface area contributed by atoms with Crippen molar-refractivity contribution in [3.63, 3.8) is 0 Å². The summed E-state index contributed by atoms with van der Waals surface area (Å²) in [5.74, 6) is 0. The number of nitrogens with one attached hydrogen (secondary N) is 1. The fourth-order valence-corrected chi connectivity index (χ4v) is 3.02. The van der Waals surface area contributed by atoms with Gasteiger partial charge in [-0.1, -0.05) is 0 Å². The minimum Gasteiger partial charge on any atom is -0.399 e. The minimum atomic E-state index is -3.79. The lowest BCUT2D eigenvalue weighted by Gasteiger charge is -2.09. The molecule has 0 heterocycles. The van der Waals surface area contributed by atoms with E-state index in [9.17, 15) is 8.42 Å². The lowest BCUT2D eigenvalue weighted by Crippen LogP contribution is -2.22. The monoisotopic (exact) mass is 343 g/mol. The fraction of sp³-hybridized carbons (Fsp3) is 0. The average Bonchev–Trinajstić information content (AvgIpc) is 1.95. The molecule has 0 spiro atoms. The zero-order chi connectivity index (χ0) is 10.9. The molecule has 0 bridgehead atoms. The number of anilines is 2. The molecular formula is C6H7Br2N3O2S. The summed E-state index contributed by atoms with van der Waals surface area (Å²) in [6, 6.07) is 3.14. The maximum atomic E-state index is 10.8. The summed E-state index contributed by atoms with van der Waals surface area (Å²) in [5, 5.41) is 4.83. The second-order valence-corrected chi connectivity index (χ2v) is 5.51. The van der Waals surface area contributed by atoms with Gasteiger partial charge in [0, 0.05) is 14.6 Å². The number of halogens is 2. The highest BCUT2D eigenvalue weighted by atomic mass is 79.9. The van der Waals surface area contributed by atoms with E-state index < -0.39 is 10.2 Å². The van der Waals surface area contributed by atoms with E-state index in [1.807, 2.05) is 0 Å². The molecule has 0 atom stereocenters. The van der Waals surface area contributed by atoms with Crippen molar-refractivity contribution in [3.05, 3.63) is 21.1 Å². The first-order chi connectivity index (χ1) is 6.29. The molecule has 0 fully saturated rings. The number of hydrogen-bond acceptors (Lipinski definition) is 3. The first-order valence-corrected chi connectivity index (χ1v) is 6.48. The number of hydrogen-bond donors (Lipinski definition) is 3. The van der Waals surface area contributed by atoms with Gasteiger partial charge in [0.05, 0.1) is 5.69 Å². The van der Waals surface area contributed by atoms with Crippen LogP contribution in [0.5, 0.6) is 0 Å². The molecule has 14 heavy (non-hydrogen) atoms. The molecule has 8 heteroatoms. The molecule has 0 aliphatic rings. The van der Waals surface area contributed by atoms with Gasteiger partial charge in [-0.3, -0.25) is 4.72 Å². The van der Waals surface area contributed by atoms with E-state index in [1.165, 1.54) is 0 Å². The predicted molar refractivity (Wildman–Crippen MR) is 63.0 cm³/mol. The van der Waals surface area contributed by atoms with Gasteiger partial charge in [0.2, 0.25) is 0 Å². The summed E-state index contributed by atoms with van der Waals surface area (Å²) < 4.78 is 24.7. The molecule has 5 nitrogen and oxygen atoms in total. The van der Waals surface area contributed by atoms with Crippen LogP contribution >= 0.6 is 31.9 Å². The molecule has 5 N–H and O–H groups in total. The van der Waals surface area contributed by atoms with Crippen LogP contribution in [0.4, 0.5) is 11.4 Å². The van der Waals surface area contributed by atoms with E-state index in [0.29, 0.717) is 20.3 Å². The lowest BCUT2D eigenvalue weighted by molar-refractivity contribution is 0.603. The summed E-state index contributed by atoms with van der Waals surface area (Å²) in [5.41, 5.74) is 6.35. The van der Waals surface area contributed by atoms with E-state index in [0.717, 1.165) is 0 Å². The van der Waals surface area contributed by atoms with Crippen LogP contribution < -0.4 is 15.6 Å². The van der Waals surface area contributed by atoms with Crippen molar-refractivity contribution >= 4 is 53.4 Å². The van der Waals surface area contributed by atoms with Gasteiger partial charge in [-0.05, 0) is 44.0 Å². The molecule has 1 rings (SSSR count). The molecule has 0 amide bonds. The Morgan fingerprint density at radius 2 is 1.64 bits per heavy atom. The van der Waals surface area contributed by atoms with Gasteiger partial charge in [-0.25, -0.2) is 5.14 Å². The van der Waals surface area contributed by atoms with Crippen LogP contribution in [0.3, 0.4) is 0 Å². The normalized spacial score (nSPS) is 11.4. The standard InChI is InChI=1S/C6H7Br2N3O2S/c7-4-1-3(9)2-5(8)6(4)11-14(10,12)13/h1-2,11H,9H2,(H2,10,12,13). The molecular weight excluding hydrogens is 338 g/mol. The summed E-state index contributed by atoms with van der Waals surface area (Å²) in [4.78, 5) is 0. The van der Waals surface area contributed by atoms with Crippen molar-refractivity contribution in [1.82, 2.24) is 0 Å². The van der Waals surface area contributed by atoms with Crippen LogP contribution in [0.25, 0.3) is 0 Å². The third-order valence-electron chi connectivity index (χ3n) is 1.31. The summed E-state index contributed by atoms with van der Waals surface area (Å²) in [7, 11) is -3.79. The first kappa shape index (κ1) is 11.8. The average molecular weight is 345 g/mol. The van der Waals surface area contributed by atoms with Gasteiger partial charge < -0.3 is 5.73 Å². The Bertz CT molecular complexity index is 437. The van der Waals surface area contributed by atoms with E-state index >= 15 is 0 Å². The van der Waals surface area contributed by atoms with Crippen molar-refractivity contribution in [2.75, 3.05) is 10.5 Å². The van der Waals surface area contributed by atoms with Crippen LogP contribution in [0, 0.1) is 0 Å². The molecule has 0 saturated heterocycles. The van der Waals surface area contributed by atoms with E-state index in [1.54, 1.807) is 12.1 Å². The third-order valence-corrected chi connectivity index (χ3v) is 3.05. The maximum Gasteiger partial charge on any atom is 0.296 e. The Kier molecular flexibility index (Phi) is 3.40. The van der Waals surface area contributed by atoms with Gasteiger partial charge in [0.15, 0.2) is 0 Å². The SMILES string of the molecule is Nc1cc(Br)c(NS(N)(=O)=O)c(Br)c1. The van der Waals surface area contributed by atoms with E-state index in [4.69, 9.17) is 10.9 Å². The molecule has 0 saturated carbocycles. The van der Waals surface area contributed by atoms with Crippen molar-refractivity contribution in [1.29, 1.82) is 0 Å². The number of rotatable bonds is 2. The second kappa shape index (κ2) is 4.05. The van der Waals surface area contributed by atoms with Gasteiger partial charge in [0.25, 0.3) is 10.2 Å². The van der Waals surface area contributed by atoms with Gasteiger partial charge >= 0.3 is 0 Å².